The van der Waals surface area contributed by atoms with Crippen molar-refractivity contribution in [3.63, 3.8) is 0 Å². The molecule has 1 aromatic heterocycles. The Hall–Kier alpha value is -3.28. The van der Waals surface area contributed by atoms with E-state index in [2.05, 4.69) is 10.2 Å². The zero-order valence-corrected chi connectivity index (χ0v) is 16.0. The number of H-pyrrole nitrogens is 1. The second-order valence-corrected chi connectivity index (χ2v) is 6.89. The molecular weight excluding hydrogens is 354 g/mol. The Labute approximate surface area is 164 Å². The predicted octanol–water partition coefficient (Wildman–Crippen LogP) is 3.72. The second kappa shape index (κ2) is 7.76. The number of hydrogen-bond acceptors (Lipinski definition) is 4. The van der Waals surface area contributed by atoms with Crippen LogP contribution in [0.15, 0.2) is 54.7 Å². The Balaban J connectivity index is 1.49. The number of likely N-dealkylation sites (tertiary alicyclic amines) is 1. The Morgan fingerprint density at radius 3 is 2.61 bits per heavy atom. The molecule has 1 saturated heterocycles. The number of carbonyl (C=O) groups excluding carboxylic acids is 1. The quantitative estimate of drug-likeness (QED) is 0.736. The number of amides is 1. The van der Waals surface area contributed by atoms with E-state index in [1.165, 1.54) is 0 Å². The number of carbonyl (C=O) groups is 1. The highest BCUT2D eigenvalue weighted by Crippen LogP contribution is 2.36. The summed E-state index contributed by atoms with van der Waals surface area (Å²) in [6.07, 6.45) is 2.62. The van der Waals surface area contributed by atoms with Gasteiger partial charge in [0.2, 0.25) is 0 Å². The van der Waals surface area contributed by atoms with Crippen LogP contribution in [0.4, 0.5) is 0 Å². The van der Waals surface area contributed by atoms with Crippen molar-refractivity contribution in [2.45, 2.75) is 12.3 Å². The molecular formula is C22H23N3O3. The van der Waals surface area contributed by atoms with E-state index in [0.29, 0.717) is 12.1 Å². The van der Waals surface area contributed by atoms with E-state index >= 15 is 0 Å². The molecule has 1 amide bonds. The maximum absolute atomic E-state index is 12.9. The molecule has 144 valence electrons. The normalized spacial score (nSPS) is 16.2. The van der Waals surface area contributed by atoms with Gasteiger partial charge in [0.15, 0.2) is 0 Å². The van der Waals surface area contributed by atoms with Gasteiger partial charge in [-0.15, -0.1) is 0 Å². The molecule has 0 bridgehead atoms. The van der Waals surface area contributed by atoms with Gasteiger partial charge < -0.3 is 14.4 Å². The molecule has 2 heterocycles. The second-order valence-electron chi connectivity index (χ2n) is 6.89. The Bertz CT molecular complexity index is 952. The Morgan fingerprint density at radius 1 is 1.11 bits per heavy atom. The van der Waals surface area contributed by atoms with Crippen LogP contribution in [0.25, 0.3) is 11.3 Å². The smallest absolute Gasteiger partial charge is 0.253 e. The topological polar surface area (TPSA) is 67.5 Å². The van der Waals surface area contributed by atoms with E-state index in [9.17, 15) is 4.79 Å². The molecule has 0 radical (unpaired) electrons. The van der Waals surface area contributed by atoms with Gasteiger partial charge in [0.05, 0.1) is 19.9 Å². The molecule has 1 atom stereocenters. The number of methoxy groups -OCH3 is 2. The van der Waals surface area contributed by atoms with Gasteiger partial charge in [0.25, 0.3) is 5.91 Å². The maximum atomic E-state index is 12.9. The lowest BCUT2D eigenvalue weighted by Crippen LogP contribution is -2.28. The van der Waals surface area contributed by atoms with Crippen LogP contribution in [-0.4, -0.2) is 48.3 Å². The van der Waals surface area contributed by atoms with Crippen LogP contribution in [0, 0.1) is 0 Å². The van der Waals surface area contributed by atoms with E-state index in [1.807, 2.05) is 53.4 Å². The number of nitrogens with one attached hydrogen (secondary N) is 1. The van der Waals surface area contributed by atoms with Crippen molar-refractivity contribution in [2.75, 3.05) is 27.3 Å². The first-order chi connectivity index (χ1) is 13.7. The average molecular weight is 377 g/mol. The first-order valence-electron chi connectivity index (χ1n) is 9.30. The SMILES string of the molecule is COc1ccc(OC)c(C2CCN(C(=O)c3ccc(-c4ccn[nH]4)cc3)C2)c1. The Kier molecular flexibility index (Phi) is 5.02. The van der Waals surface area contributed by atoms with Crippen molar-refractivity contribution in [1.29, 1.82) is 0 Å². The van der Waals surface area contributed by atoms with Crippen LogP contribution in [0.1, 0.15) is 28.3 Å². The molecule has 0 saturated carbocycles. The van der Waals surface area contributed by atoms with Gasteiger partial charge in [-0.3, -0.25) is 9.89 Å². The van der Waals surface area contributed by atoms with Gasteiger partial charge in [-0.1, -0.05) is 12.1 Å². The summed E-state index contributed by atoms with van der Waals surface area (Å²) in [6.45, 7) is 1.40. The van der Waals surface area contributed by atoms with E-state index in [1.54, 1.807) is 20.4 Å². The minimum absolute atomic E-state index is 0.0560. The molecule has 6 nitrogen and oxygen atoms in total. The Morgan fingerprint density at radius 2 is 1.93 bits per heavy atom. The summed E-state index contributed by atoms with van der Waals surface area (Å²) in [5.74, 6) is 1.93. The summed E-state index contributed by atoms with van der Waals surface area (Å²) in [6, 6.07) is 15.4. The summed E-state index contributed by atoms with van der Waals surface area (Å²) in [5, 5.41) is 6.90. The van der Waals surface area contributed by atoms with Crippen LogP contribution < -0.4 is 9.47 Å². The van der Waals surface area contributed by atoms with Crippen LogP contribution in [0.2, 0.25) is 0 Å². The number of ether oxygens (including phenoxy) is 2. The summed E-state index contributed by atoms with van der Waals surface area (Å²) < 4.78 is 10.9. The van der Waals surface area contributed by atoms with E-state index in [-0.39, 0.29) is 11.8 Å². The van der Waals surface area contributed by atoms with Crippen molar-refractivity contribution in [3.8, 4) is 22.8 Å². The van der Waals surface area contributed by atoms with Crippen molar-refractivity contribution < 1.29 is 14.3 Å². The highest BCUT2D eigenvalue weighted by molar-refractivity contribution is 5.95. The molecule has 1 aliphatic heterocycles. The highest BCUT2D eigenvalue weighted by Gasteiger charge is 2.30. The molecule has 4 rings (SSSR count). The van der Waals surface area contributed by atoms with Crippen LogP contribution in [0.3, 0.4) is 0 Å². The highest BCUT2D eigenvalue weighted by atomic mass is 16.5. The summed E-state index contributed by atoms with van der Waals surface area (Å²) in [4.78, 5) is 14.9. The zero-order valence-electron chi connectivity index (χ0n) is 16.0. The van der Waals surface area contributed by atoms with E-state index in [4.69, 9.17) is 9.47 Å². The molecule has 3 aromatic rings. The van der Waals surface area contributed by atoms with E-state index < -0.39 is 0 Å². The number of aromatic amines is 1. The third kappa shape index (κ3) is 3.45. The molecule has 1 unspecified atom stereocenters. The van der Waals surface area contributed by atoms with Crippen molar-refractivity contribution >= 4 is 5.91 Å². The van der Waals surface area contributed by atoms with Gasteiger partial charge in [-0.25, -0.2) is 0 Å². The molecule has 1 fully saturated rings. The fourth-order valence-corrected chi connectivity index (χ4v) is 3.75. The third-order valence-corrected chi connectivity index (χ3v) is 5.30. The lowest BCUT2D eigenvalue weighted by Gasteiger charge is -2.18. The number of aromatic nitrogens is 2. The largest absolute Gasteiger partial charge is 0.497 e. The van der Waals surface area contributed by atoms with Crippen molar-refractivity contribution in [1.82, 2.24) is 15.1 Å². The van der Waals surface area contributed by atoms with Gasteiger partial charge in [-0.2, -0.15) is 5.10 Å². The average Bonchev–Trinajstić information content (AvgIpc) is 3.45. The monoisotopic (exact) mass is 377 g/mol. The predicted molar refractivity (Wildman–Crippen MR) is 107 cm³/mol. The standard InChI is InChI=1S/C22H23N3O3/c1-27-18-7-8-21(28-2)19(13-18)17-10-12-25(14-17)22(26)16-5-3-15(4-6-16)20-9-11-23-24-20/h3-9,11,13,17H,10,12,14H2,1-2H3,(H,23,24). The van der Waals surface area contributed by atoms with Gasteiger partial charge in [-0.05, 0) is 48.4 Å². The van der Waals surface area contributed by atoms with Crippen LogP contribution in [-0.2, 0) is 0 Å². The summed E-state index contributed by atoms with van der Waals surface area (Å²) >= 11 is 0. The van der Waals surface area contributed by atoms with Crippen LogP contribution >= 0.6 is 0 Å². The molecule has 0 spiro atoms. The lowest BCUT2D eigenvalue weighted by atomic mass is 9.97. The minimum Gasteiger partial charge on any atom is -0.497 e. The third-order valence-electron chi connectivity index (χ3n) is 5.30. The van der Waals surface area contributed by atoms with Gasteiger partial charge >= 0.3 is 0 Å². The number of rotatable bonds is 5. The van der Waals surface area contributed by atoms with E-state index in [0.717, 1.165) is 41.3 Å². The molecule has 0 aliphatic carbocycles. The first kappa shape index (κ1) is 18.1. The molecule has 2 aromatic carbocycles. The van der Waals surface area contributed by atoms with Crippen LogP contribution in [0.5, 0.6) is 11.5 Å². The summed E-state index contributed by atoms with van der Waals surface area (Å²) in [7, 11) is 3.33. The van der Waals surface area contributed by atoms with Crippen molar-refractivity contribution in [2.24, 2.45) is 0 Å². The summed E-state index contributed by atoms with van der Waals surface area (Å²) in [5.41, 5.74) is 3.73. The number of hydrogen-bond donors (Lipinski definition) is 1. The van der Waals surface area contributed by atoms with Crippen molar-refractivity contribution in [3.05, 3.63) is 65.9 Å². The maximum Gasteiger partial charge on any atom is 0.253 e. The molecule has 6 heteroatoms. The fourth-order valence-electron chi connectivity index (χ4n) is 3.75. The first-order valence-corrected chi connectivity index (χ1v) is 9.30. The lowest BCUT2D eigenvalue weighted by molar-refractivity contribution is 0.0790. The number of benzene rings is 2. The minimum atomic E-state index is 0.0560. The van der Waals surface area contributed by atoms with Gasteiger partial charge in [0.1, 0.15) is 11.5 Å². The number of nitrogens with zero attached hydrogens (tertiary/aromatic N) is 2. The molecule has 1 N–H and O–H groups in total. The molecule has 1 aliphatic rings. The van der Waals surface area contributed by atoms with Gasteiger partial charge in [0, 0.05) is 36.3 Å². The zero-order chi connectivity index (χ0) is 19.5. The fraction of sp³-hybridized carbons (Fsp3) is 0.273. The molecule has 28 heavy (non-hydrogen) atoms.